The first-order chi connectivity index (χ1) is 21.8. The van der Waals surface area contributed by atoms with Crippen LogP contribution in [0.15, 0.2) is 158 Å². The molecule has 0 aliphatic heterocycles. The van der Waals surface area contributed by atoms with Gasteiger partial charge in [0.25, 0.3) is 0 Å². The highest BCUT2D eigenvalue weighted by Gasteiger charge is 2.05. The van der Waals surface area contributed by atoms with Crippen molar-refractivity contribution >= 4 is 12.6 Å². The summed E-state index contributed by atoms with van der Waals surface area (Å²) in [6, 6.07) is 39.8. The molecule has 0 heterocycles. The minimum atomic E-state index is -0.0921. The Balaban J connectivity index is 0.00000226. The van der Waals surface area contributed by atoms with E-state index in [1.807, 2.05) is 116 Å². The molecule has 5 rings (SSSR count). The Morgan fingerprint density at radius 2 is 0.822 bits per heavy atom. The number of ether oxygens (including phenoxy) is 3. The average Bonchev–Trinajstić information content (AvgIpc) is 3.07. The van der Waals surface area contributed by atoms with Crippen LogP contribution in [0, 0.1) is 6.92 Å². The summed E-state index contributed by atoms with van der Waals surface area (Å²) in [5.41, 5.74) is 5.90. The van der Waals surface area contributed by atoms with Crippen LogP contribution in [0.4, 0.5) is 0 Å². The molecule has 45 heavy (non-hydrogen) atoms. The molecule has 0 aliphatic carbocycles. The van der Waals surface area contributed by atoms with E-state index in [-0.39, 0.29) is 5.78 Å². The van der Waals surface area contributed by atoms with Crippen LogP contribution < -0.4 is 14.2 Å². The molecule has 0 saturated heterocycles. The Morgan fingerprint density at radius 1 is 0.511 bits per heavy atom. The summed E-state index contributed by atoms with van der Waals surface area (Å²) in [4.78, 5) is 19.3. The lowest BCUT2D eigenvalue weighted by Crippen LogP contribution is -1.93. The van der Waals surface area contributed by atoms with E-state index in [9.17, 15) is 4.79 Å². The van der Waals surface area contributed by atoms with Gasteiger partial charge in [0, 0.05) is 5.57 Å². The summed E-state index contributed by atoms with van der Waals surface area (Å²) in [7, 11) is 0. The molecular formula is C40H34O5. The fourth-order valence-electron chi connectivity index (χ4n) is 4.24. The van der Waals surface area contributed by atoms with Crippen LogP contribution in [0.1, 0.15) is 12.5 Å². The number of aryl methyl sites for hydroxylation is 1. The van der Waals surface area contributed by atoms with Gasteiger partial charge in [-0.2, -0.15) is 0 Å². The third-order valence-electron chi connectivity index (χ3n) is 6.75. The standard InChI is InChI=1S/C39H32O4.CH2O/c1-27-5-17-36(18-6-27)42-37-21-11-33(12-22-37)34-15-25-39(26-16-34)43-38-23-13-32(14-24-38)31-9-19-35(20-10-31)41-29(3)8-7-28(2)30(4)40;1-2/h5-26H,2-3H2,1,4H3;1H2/b8-7-;. The quantitative estimate of drug-likeness (QED) is 0.0865. The van der Waals surface area contributed by atoms with Crippen LogP contribution in [0.25, 0.3) is 22.3 Å². The topological polar surface area (TPSA) is 61.8 Å². The van der Waals surface area contributed by atoms with Gasteiger partial charge in [0.05, 0.1) is 0 Å². The third-order valence-corrected chi connectivity index (χ3v) is 6.75. The minimum absolute atomic E-state index is 0.0921. The van der Waals surface area contributed by atoms with E-state index >= 15 is 0 Å². The molecule has 0 atom stereocenters. The smallest absolute Gasteiger partial charge is 0.159 e. The van der Waals surface area contributed by atoms with Crippen LogP contribution in [-0.4, -0.2) is 12.6 Å². The van der Waals surface area contributed by atoms with E-state index in [4.69, 9.17) is 19.0 Å². The molecule has 0 bridgehead atoms. The first-order valence-electron chi connectivity index (χ1n) is 14.2. The molecule has 0 saturated carbocycles. The largest absolute Gasteiger partial charge is 0.458 e. The number of hydrogen-bond acceptors (Lipinski definition) is 5. The van der Waals surface area contributed by atoms with Crippen LogP contribution in [0.3, 0.4) is 0 Å². The molecule has 224 valence electrons. The number of ketones is 1. The lowest BCUT2D eigenvalue weighted by molar-refractivity contribution is -0.113. The summed E-state index contributed by atoms with van der Waals surface area (Å²) < 4.78 is 17.8. The maximum Gasteiger partial charge on any atom is 0.159 e. The molecule has 0 radical (unpaired) electrons. The van der Waals surface area contributed by atoms with Crippen LogP contribution in [-0.2, 0) is 9.59 Å². The van der Waals surface area contributed by atoms with Crippen molar-refractivity contribution in [2.75, 3.05) is 0 Å². The lowest BCUT2D eigenvalue weighted by atomic mass is 10.1. The number of carbonyl (C=O) groups excluding carboxylic acids is 2. The fourth-order valence-corrected chi connectivity index (χ4v) is 4.24. The fraction of sp³-hybridized carbons (Fsp3) is 0.0500. The zero-order chi connectivity index (χ0) is 32.2. The van der Waals surface area contributed by atoms with Crippen LogP contribution in [0.5, 0.6) is 28.7 Å². The van der Waals surface area contributed by atoms with Gasteiger partial charge in [-0.3, -0.25) is 4.79 Å². The second-order valence-corrected chi connectivity index (χ2v) is 10.1. The number of benzene rings is 5. The van der Waals surface area contributed by atoms with Crippen molar-refractivity contribution in [2.45, 2.75) is 13.8 Å². The second-order valence-electron chi connectivity index (χ2n) is 10.1. The maximum atomic E-state index is 11.3. The van der Waals surface area contributed by atoms with Gasteiger partial charge in [-0.25, -0.2) is 0 Å². The molecule has 5 aromatic rings. The minimum Gasteiger partial charge on any atom is -0.458 e. The number of allylic oxidation sites excluding steroid dienone is 3. The molecule has 5 aromatic carbocycles. The Labute approximate surface area is 264 Å². The van der Waals surface area contributed by atoms with Gasteiger partial charge in [-0.15, -0.1) is 0 Å². The van der Waals surface area contributed by atoms with Crippen molar-refractivity contribution in [3.05, 3.63) is 164 Å². The molecule has 0 amide bonds. The molecule has 0 aromatic heterocycles. The predicted octanol–water partition coefficient (Wildman–Crippen LogP) is 10.3. The van der Waals surface area contributed by atoms with Crippen molar-refractivity contribution in [3.8, 4) is 51.0 Å². The van der Waals surface area contributed by atoms with Crippen LogP contribution >= 0.6 is 0 Å². The molecule has 0 spiro atoms. The van der Waals surface area contributed by atoms with Gasteiger partial charge >= 0.3 is 0 Å². The maximum absolute atomic E-state index is 11.3. The van der Waals surface area contributed by atoms with E-state index in [1.165, 1.54) is 12.5 Å². The summed E-state index contributed by atoms with van der Waals surface area (Å²) >= 11 is 0. The lowest BCUT2D eigenvalue weighted by Gasteiger charge is -2.10. The number of Topliss-reactive ketones (excluding diaryl/α,β-unsaturated/α-hetero) is 1. The molecule has 5 heteroatoms. The first-order valence-corrected chi connectivity index (χ1v) is 14.2. The average molecular weight is 595 g/mol. The first kappa shape index (κ1) is 32.0. The summed E-state index contributed by atoms with van der Waals surface area (Å²) in [5, 5.41) is 0. The van der Waals surface area contributed by atoms with Gasteiger partial charge < -0.3 is 19.0 Å². The van der Waals surface area contributed by atoms with Gasteiger partial charge in [-0.1, -0.05) is 79.4 Å². The highest BCUT2D eigenvalue weighted by atomic mass is 16.5. The van der Waals surface area contributed by atoms with Crippen LogP contribution in [0.2, 0.25) is 0 Å². The van der Waals surface area contributed by atoms with E-state index in [2.05, 4.69) is 32.2 Å². The molecule has 0 aliphatic rings. The Bertz CT molecular complexity index is 1760. The number of carbonyl (C=O) groups is 2. The van der Waals surface area contributed by atoms with E-state index in [1.54, 1.807) is 12.2 Å². The van der Waals surface area contributed by atoms with Crippen molar-refractivity contribution in [1.82, 2.24) is 0 Å². The molecule has 0 unspecified atom stereocenters. The molecule has 0 fully saturated rings. The van der Waals surface area contributed by atoms with Gasteiger partial charge in [-0.05, 0) is 109 Å². The number of rotatable bonds is 11. The highest BCUT2D eigenvalue weighted by molar-refractivity contribution is 5.95. The monoisotopic (exact) mass is 594 g/mol. The van der Waals surface area contributed by atoms with Gasteiger partial charge in [0.2, 0.25) is 0 Å². The Kier molecular flexibility index (Phi) is 11.0. The normalized spacial score (nSPS) is 10.4. The Hall–Kier alpha value is -5.94. The van der Waals surface area contributed by atoms with E-state index < -0.39 is 0 Å². The van der Waals surface area contributed by atoms with Crippen molar-refractivity contribution in [1.29, 1.82) is 0 Å². The number of hydrogen-bond donors (Lipinski definition) is 0. The molecular weight excluding hydrogens is 560 g/mol. The Morgan fingerprint density at radius 3 is 1.16 bits per heavy atom. The summed E-state index contributed by atoms with van der Waals surface area (Å²) in [5.74, 6) is 4.12. The summed E-state index contributed by atoms with van der Waals surface area (Å²) in [6.07, 6.45) is 3.23. The molecule has 5 nitrogen and oxygen atoms in total. The van der Waals surface area contributed by atoms with Crippen molar-refractivity contribution < 1.29 is 23.8 Å². The predicted molar refractivity (Wildman–Crippen MR) is 181 cm³/mol. The molecule has 0 N–H and O–H groups in total. The van der Waals surface area contributed by atoms with Gasteiger partial charge in [0.15, 0.2) is 5.78 Å². The zero-order valence-corrected chi connectivity index (χ0v) is 25.4. The van der Waals surface area contributed by atoms with Gasteiger partial charge in [0.1, 0.15) is 41.3 Å². The van der Waals surface area contributed by atoms with Crippen molar-refractivity contribution in [2.24, 2.45) is 0 Å². The second kappa shape index (κ2) is 15.5. The highest BCUT2D eigenvalue weighted by Crippen LogP contribution is 2.30. The summed E-state index contributed by atoms with van der Waals surface area (Å²) in [6.45, 7) is 13.1. The van der Waals surface area contributed by atoms with E-state index in [0.29, 0.717) is 17.1 Å². The van der Waals surface area contributed by atoms with Crippen molar-refractivity contribution in [3.63, 3.8) is 0 Å². The zero-order valence-electron chi connectivity index (χ0n) is 25.4. The van der Waals surface area contributed by atoms with E-state index in [0.717, 1.165) is 45.3 Å². The third kappa shape index (κ3) is 9.27. The SMILES string of the molecule is C=C(/C=C\C(=C)C(C)=O)Oc1ccc(-c2ccc(Oc3ccc(-c4ccc(Oc5ccc(C)cc5)cc4)cc3)cc2)cc1.C=O.